The van der Waals surface area contributed by atoms with Crippen LogP contribution in [0.25, 0.3) is 11.1 Å². The highest BCUT2D eigenvalue weighted by molar-refractivity contribution is 5.90. The molecule has 2 saturated carbocycles. The lowest BCUT2D eigenvalue weighted by Crippen LogP contribution is -2.58. The van der Waals surface area contributed by atoms with E-state index in [-0.39, 0.29) is 18.4 Å². The molecule has 5 rings (SSSR count). The second kappa shape index (κ2) is 9.10. The van der Waals surface area contributed by atoms with Crippen molar-refractivity contribution < 1.29 is 29.1 Å². The summed E-state index contributed by atoms with van der Waals surface area (Å²) in [6.45, 7) is 0.150. The number of ether oxygens (including phenoxy) is 1. The third kappa shape index (κ3) is 4.25. The first-order valence-corrected chi connectivity index (χ1v) is 11.8. The van der Waals surface area contributed by atoms with Gasteiger partial charge in [0.15, 0.2) is 6.10 Å². The van der Waals surface area contributed by atoms with E-state index in [0.717, 1.165) is 47.9 Å². The zero-order valence-corrected chi connectivity index (χ0v) is 18.8. The van der Waals surface area contributed by atoms with Crippen molar-refractivity contribution in [3.8, 4) is 11.1 Å². The van der Waals surface area contributed by atoms with Crippen LogP contribution >= 0.6 is 0 Å². The highest BCUT2D eigenvalue weighted by atomic mass is 16.7. The van der Waals surface area contributed by atoms with E-state index in [4.69, 9.17) is 9.57 Å². The number of amides is 2. The van der Waals surface area contributed by atoms with Crippen LogP contribution in [0.1, 0.15) is 55.6 Å². The van der Waals surface area contributed by atoms with Gasteiger partial charge in [-0.1, -0.05) is 61.4 Å². The first-order chi connectivity index (χ1) is 16.5. The summed E-state index contributed by atoms with van der Waals surface area (Å²) in [5.41, 5.74) is 5.63. The van der Waals surface area contributed by atoms with Gasteiger partial charge in [0.1, 0.15) is 12.1 Å². The van der Waals surface area contributed by atoms with E-state index in [1.165, 1.54) is 0 Å². The van der Waals surface area contributed by atoms with Gasteiger partial charge in [0.05, 0.1) is 0 Å². The predicted molar refractivity (Wildman–Crippen MR) is 123 cm³/mol. The van der Waals surface area contributed by atoms with Gasteiger partial charge in [-0.05, 0) is 53.9 Å². The first kappa shape index (κ1) is 22.4. The zero-order valence-electron chi connectivity index (χ0n) is 18.8. The van der Waals surface area contributed by atoms with Gasteiger partial charge in [0.2, 0.25) is 0 Å². The molecule has 2 aromatic rings. The van der Waals surface area contributed by atoms with Crippen molar-refractivity contribution in [1.29, 1.82) is 0 Å². The van der Waals surface area contributed by atoms with Gasteiger partial charge >= 0.3 is 12.1 Å². The Balaban J connectivity index is 1.23. The van der Waals surface area contributed by atoms with Crippen LogP contribution < -0.4 is 10.8 Å². The van der Waals surface area contributed by atoms with Crippen LogP contribution in [-0.2, 0) is 19.2 Å². The minimum atomic E-state index is -1.17. The molecule has 0 spiro atoms. The Morgan fingerprint density at radius 3 is 2.12 bits per heavy atom. The zero-order chi connectivity index (χ0) is 23.7. The summed E-state index contributed by atoms with van der Waals surface area (Å²) in [5.74, 6) is -1.81. The smallest absolute Gasteiger partial charge is 0.408 e. The van der Waals surface area contributed by atoms with E-state index in [0.29, 0.717) is 12.8 Å². The number of alkyl carbamates (subject to hydrolysis) is 1. The lowest BCUT2D eigenvalue weighted by molar-refractivity contribution is -0.164. The average Bonchev–Trinajstić information content (AvgIpc) is 3.46. The lowest BCUT2D eigenvalue weighted by Gasteiger charge is -2.29. The number of carbonyl (C=O) groups excluding carboxylic acids is 2. The van der Waals surface area contributed by atoms with Crippen LogP contribution in [0.2, 0.25) is 0 Å². The summed E-state index contributed by atoms with van der Waals surface area (Å²) >= 11 is 0. The largest absolute Gasteiger partial charge is 0.479 e. The number of fused-ring (bicyclic) bond motifs is 3. The Morgan fingerprint density at radius 2 is 1.56 bits per heavy atom. The van der Waals surface area contributed by atoms with Crippen LogP contribution in [0.15, 0.2) is 48.5 Å². The molecule has 2 fully saturated rings. The van der Waals surface area contributed by atoms with Crippen molar-refractivity contribution in [3.05, 3.63) is 59.7 Å². The summed E-state index contributed by atoms with van der Waals surface area (Å²) < 4.78 is 5.62. The molecule has 0 aliphatic heterocycles. The fourth-order valence-electron chi connectivity index (χ4n) is 5.18. The van der Waals surface area contributed by atoms with E-state index in [2.05, 4.69) is 22.9 Å². The molecule has 8 heteroatoms. The summed E-state index contributed by atoms with van der Waals surface area (Å²) in [6.07, 6.45) is 2.18. The van der Waals surface area contributed by atoms with E-state index in [1.807, 2.05) is 36.4 Å². The number of benzene rings is 2. The molecule has 8 nitrogen and oxygen atoms in total. The Hall–Kier alpha value is -3.39. The summed E-state index contributed by atoms with van der Waals surface area (Å²) in [4.78, 5) is 42.4. The maximum atomic E-state index is 13.0. The summed E-state index contributed by atoms with van der Waals surface area (Å²) in [7, 11) is 0. The number of aliphatic carboxylic acids is 1. The Morgan fingerprint density at radius 1 is 0.971 bits per heavy atom. The molecule has 0 bridgehead atoms. The number of carboxylic acid groups (broad SMARTS) is 1. The molecule has 2 aromatic carbocycles. The van der Waals surface area contributed by atoms with Gasteiger partial charge in [-0.3, -0.25) is 9.63 Å². The number of hydrogen-bond acceptors (Lipinski definition) is 5. The van der Waals surface area contributed by atoms with E-state index < -0.39 is 29.6 Å². The van der Waals surface area contributed by atoms with Gasteiger partial charge < -0.3 is 15.2 Å². The molecule has 2 amide bonds. The number of carboxylic acids is 1. The fourth-order valence-corrected chi connectivity index (χ4v) is 5.18. The molecule has 0 saturated heterocycles. The fraction of sp³-hybridized carbons (Fsp3) is 0.423. The molecule has 0 heterocycles. The summed E-state index contributed by atoms with van der Waals surface area (Å²) in [6, 6.07) is 16.2. The maximum Gasteiger partial charge on any atom is 0.408 e. The number of rotatable bonds is 8. The molecular weight excluding hydrogens is 436 g/mol. The highest BCUT2D eigenvalue weighted by Gasteiger charge is 2.45. The molecule has 3 aliphatic rings. The Bertz CT molecular complexity index is 1060. The summed E-state index contributed by atoms with van der Waals surface area (Å²) in [5, 5.41) is 12.1. The molecule has 3 N–H and O–H groups in total. The van der Waals surface area contributed by atoms with Crippen LogP contribution in [0.3, 0.4) is 0 Å². The minimum Gasteiger partial charge on any atom is -0.479 e. The highest BCUT2D eigenvalue weighted by Crippen LogP contribution is 2.44. The molecule has 178 valence electrons. The third-order valence-electron chi connectivity index (χ3n) is 7.15. The predicted octanol–water partition coefficient (Wildman–Crippen LogP) is 3.75. The second-order valence-corrected chi connectivity index (χ2v) is 9.39. The topological polar surface area (TPSA) is 114 Å². The van der Waals surface area contributed by atoms with Gasteiger partial charge in [-0.2, -0.15) is 0 Å². The quantitative estimate of drug-likeness (QED) is 0.513. The molecular formula is C26H28N2O6. The maximum absolute atomic E-state index is 13.0. The monoisotopic (exact) mass is 464 g/mol. The molecule has 1 unspecified atom stereocenters. The minimum absolute atomic E-state index is 0.0790. The standard InChI is InChI=1S/C26H28N2O6/c29-23(30)22(16-11-12-16)34-28-24(31)26(13-5-6-14-26)27-25(32)33-15-21-19-9-3-1-7-17(19)18-8-2-4-10-20(18)21/h1-4,7-10,16,21-22H,5-6,11-15H2,(H,27,32)(H,28,31)(H,29,30). The average molecular weight is 465 g/mol. The number of hydrogen-bond donors (Lipinski definition) is 3. The van der Waals surface area contributed by atoms with Crippen molar-refractivity contribution in [2.24, 2.45) is 5.92 Å². The van der Waals surface area contributed by atoms with Crippen molar-refractivity contribution in [3.63, 3.8) is 0 Å². The van der Waals surface area contributed by atoms with Gasteiger partial charge in [0, 0.05) is 5.92 Å². The number of carbonyl (C=O) groups is 3. The Labute approximate surface area is 197 Å². The normalized spacial score (nSPS) is 19.1. The van der Waals surface area contributed by atoms with Crippen molar-refractivity contribution in [2.45, 2.75) is 56.1 Å². The lowest BCUT2D eigenvalue weighted by atomic mass is 9.97. The van der Waals surface area contributed by atoms with Gasteiger partial charge in [-0.15, -0.1) is 0 Å². The van der Waals surface area contributed by atoms with Gasteiger partial charge in [-0.25, -0.2) is 15.1 Å². The molecule has 34 heavy (non-hydrogen) atoms. The van der Waals surface area contributed by atoms with Crippen LogP contribution in [0, 0.1) is 5.92 Å². The molecule has 1 atom stereocenters. The van der Waals surface area contributed by atoms with E-state index >= 15 is 0 Å². The number of nitrogens with one attached hydrogen (secondary N) is 2. The van der Waals surface area contributed by atoms with E-state index in [1.54, 1.807) is 0 Å². The first-order valence-electron chi connectivity index (χ1n) is 11.8. The SMILES string of the molecule is O=C(NC1(C(=O)NOC(C(=O)O)C2CC2)CCCC1)OCC1c2ccccc2-c2ccccc21. The van der Waals surface area contributed by atoms with Crippen molar-refractivity contribution in [2.75, 3.05) is 6.61 Å². The van der Waals surface area contributed by atoms with E-state index in [9.17, 15) is 19.5 Å². The van der Waals surface area contributed by atoms with Crippen molar-refractivity contribution in [1.82, 2.24) is 10.8 Å². The second-order valence-electron chi connectivity index (χ2n) is 9.39. The van der Waals surface area contributed by atoms with Crippen molar-refractivity contribution >= 4 is 18.0 Å². The van der Waals surface area contributed by atoms with Gasteiger partial charge in [0.25, 0.3) is 5.91 Å². The third-order valence-corrected chi connectivity index (χ3v) is 7.15. The number of hydroxylamine groups is 1. The van der Waals surface area contributed by atoms with Crippen LogP contribution in [0.5, 0.6) is 0 Å². The van der Waals surface area contributed by atoms with Crippen LogP contribution in [-0.4, -0.2) is 41.3 Å². The van der Waals surface area contributed by atoms with Crippen LogP contribution in [0.4, 0.5) is 4.79 Å². The Kier molecular flexibility index (Phi) is 6.00. The molecule has 3 aliphatic carbocycles. The molecule has 0 aromatic heterocycles. The molecule has 0 radical (unpaired) electrons.